The Hall–Kier alpha value is -0.973. The van der Waals surface area contributed by atoms with Crippen LogP contribution in [-0.2, 0) is 6.18 Å². The molecule has 0 saturated carbocycles. The zero-order chi connectivity index (χ0) is 14.1. The zero-order valence-electron chi connectivity index (χ0n) is 9.59. The van der Waals surface area contributed by atoms with E-state index in [4.69, 9.17) is 22.2 Å². The minimum absolute atomic E-state index is 0.537. The summed E-state index contributed by atoms with van der Waals surface area (Å²) < 4.78 is 37.5. The van der Waals surface area contributed by atoms with E-state index < -0.39 is 18.4 Å². The third-order valence-electron chi connectivity index (χ3n) is 2.71. The topological polar surface area (TPSA) is 0 Å². The largest absolute Gasteiger partial charge is 0.416 e. The van der Waals surface area contributed by atoms with Crippen LogP contribution in [0.2, 0.25) is 0 Å². The number of benzene rings is 2. The molecule has 0 aliphatic heterocycles. The van der Waals surface area contributed by atoms with Gasteiger partial charge in [0.2, 0.25) is 0 Å². The van der Waals surface area contributed by atoms with Crippen LogP contribution in [0.3, 0.4) is 0 Å². The van der Waals surface area contributed by atoms with E-state index in [1.807, 2.05) is 6.07 Å². The van der Waals surface area contributed by atoms with Crippen LogP contribution in [0.15, 0.2) is 54.6 Å². The van der Waals surface area contributed by atoms with Crippen molar-refractivity contribution in [3.63, 3.8) is 0 Å². The second-order valence-electron chi connectivity index (χ2n) is 4.02. The summed E-state index contributed by atoms with van der Waals surface area (Å²) in [4.78, 5) is 0. The average Bonchev–Trinajstić information content (AvgIpc) is 2.39. The molecule has 2 rings (SSSR count). The fourth-order valence-corrected chi connectivity index (χ4v) is 4.72. The molecule has 0 aromatic heterocycles. The number of hydrogen-bond acceptors (Lipinski definition) is 0. The van der Waals surface area contributed by atoms with Gasteiger partial charge in [0.15, 0.2) is 0 Å². The Balaban J connectivity index is 2.37. The molecule has 2 aromatic carbocycles. The maximum atomic E-state index is 12.5. The van der Waals surface area contributed by atoms with Crippen molar-refractivity contribution in [3.05, 3.63) is 60.2 Å². The van der Waals surface area contributed by atoms with Crippen LogP contribution in [-0.4, -0.2) is 6.69 Å². The lowest BCUT2D eigenvalue weighted by molar-refractivity contribution is -0.137. The van der Waals surface area contributed by atoms with Gasteiger partial charge in [0.1, 0.15) is 0 Å². The molecule has 6 heteroatoms. The van der Waals surface area contributed by atoms with Gasteiger partial charge in [-0.1, -0.05) is 54.6 Å². The van der Waals surface area contributed by atoms with Gasteiger partial charge < -0.3 is 0 Å². The first-order valence-electron chi connectivity index (χ1n) is 5.43. The molecule has 0 fully saturated rings. The van der Waals surface area contributed by atoms with Crippen LogP contribution in [0, 0.1) is 0 Å². The Morgan fingerprint density at radius 1 is 0.737 bits per heavy atom. The molecule has 0 N–H and O–H groups in total. The van der Waals surface area contributed by atoms with E-state index in [0.717, 1.165) is 17.3 Å². The van der Waals surface area contributed by atoms with Gasteiger partial charge in [-0.2, -0.15) is 13.2 Å². The summed E-state index contributed by atoms with van der Waals surface area (Å²) in [5, 5.41) is 1.29. The fourth-order valence-electron chi connectivity index (χ4n) is 1.68. The van der Waals surface area contributed by atoms with Crippen LogP contribution in [0.25, 0.3) is 0 Å². The van der Waals surface area contributed by atoms with Crippen LogP contribution < -0.4 is 10.4 Å². The Kier molecular flexibility index (Phi) is 3.94. The van der Waals surface area contributed by atoms with Gasteiger partial charge >= 0.3 is 12.9 Å². The first-order valence-corrected chi connectivity index (χ1v) is 9.45. The highest BCUT2D eigenvalue weighted by Gasteiger charge is 2.35. The SMILES string of the molecule is FC(F)(F)c1ccc([Si](Cl)(Cl)c2ccccc2)cc1. The first-order chi connectivity index (χ1) is 8.82. The summed E-state index contributed by atoms with van der Waals surface area (Å²) in [5.41, 5.74) is -0.706. The van der Waals surface area contributed by atoms with Gasteiger partial charge in [0.05, 0.1) is 5.56 Å². The molecule has 0 saturated heterocycles. The van der Waals surface area contributed by atoms with Crippen LogP contribution in [0.4, 0.5) is 13.2 Å². The monoisotopic (exact) mass is 320 g/mol. The molecule has 0 bridgehead atoms. The van der Waals surface area contributed by atoms with Crippen molar-refractivity contribution in [2.75, 3.05) is 0 Å². The summed E-state index contributed by atoms with van der Waals surface area (Å²) in [6.45, 7) is -2.96. The maximum absolute atomic E-state index is 12.5. The van der Waals surface area contributed by atoms with Gasteiger partial charge in [0, 0.05) is 0 Å². The number of alkyl halides is 3. The van der Waals surface area contributed by atoms with Gasteiger partial charge in [-0.05, 0) is 10.4 Å². The molecule has 0 aliphatic carbocycles. The van der Waals surface area contributed by atoms with Crippen LogP contribution >= 0.6 is 22.2 Å². The lowest BCUT2D eigenvalue weighted by Gasteiger charge is -2.18. The predicted molar refractivity (Wildman–Crippen MR) is 74.6 cm³/mol. The summed E-state index contributed by atoms with van der Waals surface area (Å²) in [6.07, 6.45) is -4.35. The van der Waals surface area contributed by atoms with Crippen molar-refractivity contribution in [2.45, 2.75) is 6.18 Å². The third kappa shape index (κ3) is 3.13. The van der Waals surface area contributed by atoms with Gasteiger partial charge in [-0.15, -0.1) is 22.2 Å². The molecule has 0 atom stereocenters. The molecule has 0 amide bonds. The van der Waals surface area contributed by atoms with E-state index >= 15 is 0 Å². The smallest absolute Gasteiger partial charge is 0.166 e. The minimum Gasteiger partial charge on any atom is -0.166 e. The molecule has 0 radical (unpaired) electrons. The average molecular weight is 321 g/mol. The molecular formula is C13H9Cl2F3Si. The lowest BCUT2D eigenvalue weighted by atomic mass is 10.2. The van der Waals surface area contributed by atoms with E-state index in [9.17, 15) is 13.2 Å². The van der Waals surface area contributed by atoms with Crippen molar-refractivity contribution < 1.29 is 13.2 Å². The van der Waals surface area contributed by atoms with Crippen molar-refractivity contribution in [1.82, 2.24) is 0 Å². The molecule has 0 aliphatic rings. The second-order valence-corrected chi connectivity index (χ2v) is 10.3. The number of rotatable bonds is 2. The van der Waals surface area contributed by atoms with Gasteiger partial charge in [0.25, 0.3) is 0 Å². The third-order valence-corrected chi connectivity index (χ3v) is 7.45. The second kappa shape index (κ2) is 5.19. The van der Waals surface area contributed by atoms with Crippen molar-refractivity contribution >= 4 is 39.2 Å². The molecule has 2 aromatic rings. The van der Waals surface area contributed by atoms with E-state index in [2.05, 4.69) is 0 Å². The van der Waals surface area contributed by atoms with E-state index in [-0.39, 0.29) is 0 Å². The molecule has 100 valence electrons. The predicted octanol–water partition coefficient (Wildman–Crippen LogP) is 3.74. The summed E-state index contributed by atoms with van der Waals surface area (Å²) in [6, 6.07) is 13.7. The zero-order valence-corrected chi connectivity index (χ0v) is 12.1. The molecule has 0 nitrogen and oxygen atoms in total. The lowest BCUT2D eigenvalue weighted by Crippen LogP contribution is -2.48. The Labute approximate surface area is 119 Å². The Bertz CT molecular complexity index is 550. The maximum Gasteiger partial charge on any atom is 0.416 e. The van der Waals surface area contributed by atoms with Crippen molar-refractivity contribution in [2.24, 2.45) is 0 Å². The minimum atomic E-state index is -4.35. The van der Waals surface area contributed by atoms with Crippen molar-refractivity contribution in [3.8, 4) is 0 Å². The summed E-state index contributed by atoms with van der Waals surface area (Å²) in [5.74, 6) is 0. The highest BCUT2D eigenvalue weighted by Crippen LogP contribution is 2.28. The van der Waals surface area contributed by atoms with Crippen LogP contribution in [0.5, 0.6) is 0 Å². The van der Waals surface area contributed by atoms with Gasteiger partial charge in [-0.3, -0.25) is 0 Å². The Morgan fingerprint density at radius 3 is 1.68 bits per heavy atom. The standard InChI is InChI=1S/C13H9Cl2F3Si/c14-19(15,11-4-2-1-3-5-11)12-8-6-10(7-9-12)13(16,17)18/h1-9H. The molecule has 0 heterocycles. The number of halogens is 5. The number of hydrogen-bond donors (Lipinski definition) is 0. The first kappa shape index (κ1) is 14.4. The fraction of sp³-hybridized carbons (Fsp3) is 0.0769. The van der Waals surface area contributed by atoms with E-state index in [1.165, 1.54) is 12.1 Å². The van der Waals surface area contributed by atoms with Crippen LogP contribution in [0.1, 0.15) is 5.56 Å². The van der Waals surface area contributed by atoms with Gasteiger partial charge in [-0.25, -0.2) is 0 Å². The van der Waals surface area contributed by atoms with E-state index in [1.54, 1.807) is 24.3 Å². The Morgan fingerprint density at radius 2 is 1.21 bits per heavy atom. The molecule has 0 spiro atoms. The molecule has 19 heavy (non-hydrogen) atoms. The summed E-state index contributed by atoms with van der Waals surface area (Å²) in [7, 11) is 0. The highest BCUT2D eigenvalue weighted by atomic mass is 35.7. The highest BCUT2D eigenvalue weighted by molar-refractivity contribution is 7.56. The molecular weight excluding hydrogens is 312 g/mol. The normalized spacial score (nSPS) is 12.5. The molecule has 0 unspecified atom stereocenters. The van der Waals surface area contributed by atoms with Crippen molar-refractivity contribution in [1.29, 1.82) is 0 Å². The quantitative estimate of drug-likeness (QED) is 0.584. The summed E-state index contributed by atoms with van der Waals surface area (Å²) >= 11 is 12.8. The van der Waals surface area contributed by atoms with E-state index in [0.29, 0.717) is 5.19 Å².